The predicted octanol–water partition coefficient (Wildman–Crippen LogP) is 3.27. The number of halogens is 1. The van der Waals surface area contributed by atoms with E-state index in [1.165, 1.54) is 5.75 Å². The van der Waals surface area contributed by atoms with E-state index >= 15 is 0 Å². The van der Waals surface area contributed by atoms with Gasteiger partial charge >= 0.3 is 0 Å². The van der Waals surface area contributed by atoms with Crippen molar-refractivity contribution in [1.82, 2.24) is 0 Å². The molecule has 1 aromatic carbocycles. The molecule has 1 aromatic rings. The maximum absolute atomic E-state index is 9.41. The summed E-state index contributed by atoms with van der Waals surface area (Å²) in [5.74, 6) is 2.85. The molecule has 0 aliphatic carbocycles. The predicted molar refractivity (Wildman–Crippen MR) is 81.6 cm³/mol. The summed E-state index contributed by atoms with van der Waals surface area (Å²) in [6.45, 7) is 0.685. The highest BCUT2D eigenvalue weighted by atomic mass is 35.5. The summed E-state index contributed by atoms with van der Waals surface area (Å²) < 4.78 is 12.1. The lowest BCUT2D eigenvalue weighted by Gasteiger charge is -2.38. The summed E-state index contributed by atoms with van der Waals surface area (Å²) in [5, 5.41) is 9.98. The molecule has 2 aliphatic heterocycles. The molecule has 2 saturated heterocycles. The van der Waals surface area contributed by atoms with Gasteiger partial charge in [0.05, 0.1) is 23.8 Å². The topological polar surface area (TPSA) is 38.7 Å². The van der Waals surface area contributed by atoms with Crippen LogP contribution in [0, 0.1) is 0 Å². The Morgan fingerprint density at radius 1 is 1.50 bits per heavy atom. The summed E-state index contributed by atoms with van der Waals surface area (Å²) in [6.07, 6.45) is 3.01. The average Bonchev–Trinajstić information content (AvgIpc) is 2.89. The monoisotopic (exact) mass is 314 g/mol. The number of hydrogen-bond acceptors (Lipinski definition) is 4. The quantitative estimate of drug-likeness (QED) is 0.929. The van der Waals surface area contributed by atoms with Gasteiger partial charge in [-0.3, -0.25) is 0 Å². The molecule has 3 rings (SSSR count). The van der Waals surface area contributed by atoms with Crippen molar-refractivity contribution in [2.75, 3.05) is 18.1 Å². The molecule has 110 valence electrons. The van der Waals surface area contributed by atoms with Crippen LogP contribution in [0.2, 0.25) is 5.02 Å². The third-order valence-electron chi connectivity index (χ3n) is 4.02. The van der Waals surface area contributed by atoms with Crippen LogP contribution in [0.1, 0.15) is 24.8 Å². The van der Waals surface area contributed by atoms with Crippen LogP contribution in [0.3, 0.4) is 0 Å². The van der Waals surface area contributed by atoms with Crippen LogP contribution in [0.25, 0.3) is 0 Å². The fraction of sp³-hybridized carbons (Fsp3) is 0.600. The summed E-state index contributed by atoms with van der Waals surface area (Å²) in [7, 11) is 0. The minimum atomic E-state index is -0.0554. The Balaban J connectivity index is 1.74. The van der Waals surface area contributed by atoms with Gasteiger partial charge in [0.25, 0.3) is 0 Å². The molecule has 1 N–H and O–H groups in total. The molecule has 2 atom stereocenters. The van der Waals surface area contributed by atoms with Gasteiger partial charge in [-0.15, -0.1) is 0 Å². The summed E-state index contributed by atoms with van der Waals surface area (Å²) in [6, 6.07) is 5.48. The zero-order chi connectivity index (χ0) is 14.0. The average molecular weight is 315 g/mol. The number of hydrogen-bond donors (Lipinski definition) is 1. The lowest BCUT2D eigenvalue weighted by molar-refractivity contribution is -0.0961. The zero-order valence-corrected chi connectivity index (χ0v) is 12.9. The smallest absolute Gasteiger partial charge is 0.143 e. The van der Waals surface area contributed by atoms with Crippen LogP contribution in [0.15, 0.2) is 18.2 Å². The van der Waals surface area contributed by atoms with E-state index in [4.69, 9.17) is 21.1 Å². The van der Waals surface area contributed by atoms with Crippen molar-refractivity contribution < 1.29 is 14.6 Å². The highest BCUT2D eigenvalue weighted by Crippen LogP contribution is 2.40. The molecular formula is C15H19ClO3S. The van der Waals surface area contributed by atoms with E-state index in [9.17, 15) is 5.11 Å². The van der Waals surface area contributed by atoms with Gasteiger partial charge in [0, 0.05) is 24.2 Å². The Morgan fingerprint density at radius 2 is 2.40 bits per heavy atom. The Hall–Kier alpha value is -0.420. The van der Waals surface area contributed by atoms with Gasteiger partial charge in [0.1, 0.15) is 11.9 Å². The van der Waals surface area contributed by atoms with Gasteiger partial charge in [0.15, 0.2) is 0 Å². The molecule has 5 heteroatoms. The summed E-state index contributed by atoms with van der Waals surface area (Å²) in [5.41, 5.74) is 0.743. The molecule has 2 heterocycles. The maximum atomic E-state index is 9.41. The van der Waals surface area contributed by atoms with Gasteiger partial charge in [-0.1, -0.05) is 23.7 Å². The second-order valence-corrected chi connectivity index (χ2v) is 6.97. The van der Waals surface area contributed by atoms with Crippen molar-refractivity contribution >= 4 is 23.4 Å². The van der Waals surface area contributed by atoms with E-state index in [1.54, 1.807) is 6.07 Å². The van der Waals surface area contributed by atoms with Crippen molar-refractivity contribution in [2.45, 2.75) is 37.6 Å². The molecule has 0 saturated carbocycles. The van der Waals surface area contributed by atoms with Gasteiger partial charge in [-0.2, -0.15) is 11.8 Å². The van der Waals surface area contributed by atoms with Crippen molar-refractivity contribution in [2.24, 2.45) is 0 Å². The van der Waals surface area contributed by atoms with Crippen molar-refractivity contribution in [1.29, 1.82) is 0 Å². The van der Waals surface area contributed by atoms with Gasteiger partial charge < -0.3 is 14.6 Å². The molecule has 2 unspecified atom stereocenters. The highest BCUT2D eigenvalue weighted by molar-refractivity contribution is 7.99. The van der Waals surface area contributed by atoms with Crippen molar-refractivity contribution in [3.05, 3.63) is 28.8 Å². The number of benzene rings is 1. The Labute approximate surface area is 128 Å². The first-order valence-corrected chi connectivity index (χ1v) is 8.52. The van der Waals surface area contributed by atoms with Crippen molar-refractivity contribution in [3.63, 3.8) is 0 Å². The number of thioether (sulfide) groups is 1. The first kappa shape index (κ1) is 14.5. The van der Waals surface area contributed by atoms with Gasteiger partial charge in [0.2, 0.25) is 0 Å². The van der Waals surface area contributed by atoms with Gasteiger partial charge in [-0.05, 0) is 18.2 Å². The van der Waals surface area contributed by atoms with E-state index in [2.05, 4.69) is 0 Å². The normalized spacial score (nSPS) is 29.8. The maximum Gasteiger partial charge on any atom is 0.143 e. The second-order valence-electron chi connectivity index (χ2n) is 5.45. The van der Waals surface area contributed by atoms with E-state index in [0.717, 1.165) is 37.2 Å². The molecule has 2 fully saturated rings. The zero-order valence-electron chi connectivity index (χ0n) is 11.3. The Kier molecular flexibility index (Phi) is 4.46. The summed E-state index contributed by atoms with van der Waals surface area (Å²) in [4.78, 5) is 0. The van der Waals surface area contributed by atoms with Crippen LogP contribution in [0.4, 0.5) is 0 Å². The summed E-state index contributed by atoms with van der Waals surface area (Å²) >= 11 is 8.16. The number of rotatable bonds is 3. The van der Waals surface area contributed by atoms with E-state index < -0.39 is 0 Å². The molecule has 0 radical (unpaired) electrons. The first-order valence-electron chi connectivity index (χ1n) is 6.99. The first-order chi connectivity index (χ1) is 9.72. The van der Waals surface area contributed by atoms with Crippen LogP contribution in [0.5, 0.6) is 5.75 Å². The minimum Gasteiger partial charge on any atom is -0.488 e. The third-order valence-corrected chi connectivity index (χ3v) is 5.54. The largest absolute Gasteiger partial charge is 0.488 e. The number of para-hydroxylation sites is 1. The Morgan fingerprint density at radius 3 is 3.15 bits per heavy atom. The minimum absolute atomic E-state index is 0.00574. The number of ether oxygens (including phenoxy) is 2. The standard InChI is InChI=1S/C15H19ClO3S/c16-13-3-1-2-11(9-17)14(13)19-12-4-6-18-15(8-12)5-7-20-10-15/h1-3,12,17H,4-10H2. The number of aliphatic hydroxyl groups excluding tert-OH is 1. The molecule has 20 heavy (non-hydrogen) atoms. The van der Waals surface area contributed by atoms with Crippen LogP contribution in [-0.4, -0.2) is 34.9 Å². The molecule has 0 amide bonds. The molecule has 3 nitrogen and oxygen atoms in total. The fourth-order valence-corrected chi connectivity index (χ4v) is 4.54. The Bertz CT molecular complexity index is 474. The van der Waals surface area contributed by atoms with Crippen LogP contribution >= 0.6 is 23.4 Å². The van der Waals surface area contributed by atoms with E-state index in [-0.39, 0.29) is 18.3 Å². The van der Waals surface area contributed by atoms with Crippen LogP contribution < -0.4 is 4.74 Å². The van der Waals surface area contributed by atoms with Crippen molar-refractivity contribution in [3.8, 4) is 5.75 Å². The molecule has 0 aromatic heterocycles. The number of aliphatic hydroxyl groups is 1. The third kappa shape index (κ3) is 2.93. The highest BCUT2D eigenvalue weighted by Gasteiger charge is 2.41. The fourth-order valence-electron chi connectivity index (χ4n) is 2.92. The molecular weight excluding hydrogens is 296 g/mol. The van der Waals surface area contributed by atoms with E-state index in [1.807, 2.05) is 23.9 Å². The molecule has 0 bridgehead atoms. The second kappa shape index (κ2) is 6.14. The van der Waals surface area contributed by atoms with Gasteiger partial charge in [-0.25, -0.2) is 0 Å². The lowest BCUT2D eigenvalue weighted by atomic mass is 9.91. The lowest BCUT2D eigenvalue weighted by Crippen LogP contribution is -2.44. The van der Waals surface area contributed by atoms with Crippen LogP contribution in [-0.2, 0) is 11.3 Å². The molecule has 1 spiro atoms. The van der Waals surface area contributed by atoms with E-state index in [0.29, 0.717) is 10.8 Å². The molecule has 2 aliphatic rings. The SMILES string of the molecule is OCc1cccc(Cl)c1OC1CCOC2(CCSC2)C1.